The number of hydrogen-bond donors (Lipinski definition) is 4. The number of aliphatic carboxylic acids is 1. The Morgan fingerprint density at radius 1 is 0.654 bits per heavy atom. The molecule has 10 heteroatoms. The van der Waals surface area contributed by atoms with Gasteiger partial charge in [-0.3, -0.25) is 4.79 Å². The Bertz CT molecular complexity index is 308. The number of phosphoric acid groups is 1. The Hall–Kier alpha value is 2.58. The summed E-state index contributed by atoms with van der Waals surface area (Å²) in [6.07, 6.45) is 17.3. The second-order valence-corrected chi connectivity index (χ2v) is 6.93. The number of carboxylic acid groups (broad SMARTS) is 1. The van der Waals surface area contributed by atoms with Crippen molar-refractivity contribution in [3.8, 4) is 0 Å². The third-order valence-corrected chi connectivity index (χ3v) is 3.49. The van der Waals surface area contributed by atoms with E-state index in [1.165, 1.54) is 70.6 Å². The first-order valence-corrected chi connectivity index (χ1v) is 10.3. The van der Waals surface area contributed by atoms with Crippen LogP contribution in [0.1, 0.15) is 96.8 Å². The molecule has 0 saturated carbocycles. The van der Waals surface area contributed by atoms with Gasteiger partial charge in [-0.25, -0.2) is 4.57 Å². The quantitative estimate of drug-likeness (QED) is 0.193. The van der Waals surface area contributed by atoms with Crippen molar-refractivity contribution in [2.75, 3.05) is 0 Å². The zero-order valence-corrected chi connectivity index (χ0v) is 15.3. The minimum atomic E-state index is -4.64. The predicted molar refractivity (Wildman–Crippen MR) is 114 cm³/mol. The van der Waals surface area contributed by atoms with Crippen molar-refractivity contribution in [3.63, 3.8) is 0 Å². The van der Waals surface area contributed by atoms with E-state index in [1.807, 2.05) is 0 Å². The zero-order chi connectivity index (χ0) is 18.0. The molecule has 0 atom stereocenters. The van der Waals surface area contributed by atoms with Crippen LogP contribution < -0.4 is 0 Å². The molecule has 0 unspecified atom stereocenters. The Balaban J connectivity index is -0.000000162. The average molecular weight is 426 g/mol. The van der Waals surface area contributed by atoms with Gasteiger partial charge in [0.25, 0.3) is 0 Å². The summed E-state index contributed by atoms with van der Waals surface area (Å²) < 4.78 is 8.88. The number of carboxylic acids is 1. The Morgan fingerprint density at radius 3 is 1.12 bits per heavy atom. The zero-order valence-electron chi connectivity index (χ0n) is 14.5. The van der Waals surface area contributed by atoms with Gasteiger partial charge >= 0.3 is 102 Å². The van der Waals surface area contributed by atoms with Crippen LogP contribution in [0.15, 0.2) is 0 Å². The van der Waals surface area contributed by atoms with Crippen molar-refractivity contribution in [2.24, 2.45) is 0 Å². The summed E-state index contributed by atoms with van der Waals surface area (Å²) in [7, 11) is -4.64. The summed E-state index contributed by atoms with van der Waals surface area (Å²) in [6.45, 7) is 2.26. The van der Waals surface area contributed by atoms with Gasteiger partial charge in [0.1, 0.15) is 0 Å². The molecular formula is C16H38Na3O6P. The van der Waals surface area contributed by atoms with Crippen LogP contribution in [0, 0.1) is 0 Å². The fourth-order valence-electron chi connectivity index (χ4n) is 2.29. The number of rotatable bonds is 14. The summed E-state index contributed by atoms with van der Waals surface area (Å²) in [6, 6.07) is 0. The number of unbranched alkanes of at least 4 members (excludes halogenated alkanes) is 12. The Kier molecular flexibility index (Phi) is 44.8. The summed E-state index contributed by atoms with van der Waals surface area (Å²) in [5.41, 5.74) is 0. The second kappa shape index (κ2) is 29.8. The second-order valence-electron chi connectivity index (χ2n) is 5.90. The third-order valence-electron chi connectivity index (χ3n) is 3.49. The molecule has 0 heterocycles. The van der Waals surface area contributed by atoms with Crippen LogP contribution >= 0.6 is 7.82 Å². The Labute approximate surface area is 225 Å². The molecule has 0 aliphatic rings. The Morgan fingerprint density at radius 2 is 0.885 bits per heavy atom. The molecular weight excluding hydrogens is 388 g/mol. The van der Waals surface area contributed by atoms with E-state index >= 15 is 0 Å². The van der Waals surface area contributed by atoms with Crippen molar-refractivity contribution in [1.82, 2.24) is 0 Å². The van der Waals surface area contributed by atoms with Crippen molar-refractivity contribution in [3.05, 3.63) is 0 Å². The van der Waals surface area contributed by atoms with E-state index in [1.54, 1.807) is 0 Å². The fraction of sp³-hybridized carbons (Fsp3) is 0.938. The molecule has 0 radical (unpaired) electrons. The van der Waals surface area contributed by atoms with E-state index in [0.717, 1.165) is 12.8 Å². The van der Waals surface area contributed by atoms with Gasteiger partial charge in [0.05, 0.1) is 0 Å². The van der Waals surface area contributed by atoms with Crippen LogP contribution in [0.25, 0.3) is 0 Å². The molecule has 0 rings (SSSR count). The van der Waals surface area contributed by atoms with E-state index < -0.39 is 13.8 Å². The van der Waals surface area contributed by atoms with Crippen LogP contribution in [0.4, 0.5) is 0 Å². The molecule has 26 heavy (non-hydrogen) atoms. The molecule has 0 spiro atoms. The molecule has 0 aliphatic carbocycles. The van der Waals surface area contributed by atoms with Crippen molar-refractivity contribution in [2.45, 2.75) is 96.8 Å². The SMILES string of the molecule is CCCCCCCCCCCCCCCC(=O)O.O=P(O)(O)O.[NaH].[NaH].[NaH]. The molecule has 4 N–H and O–H groups in total. The van der Waals surface area contributed by atoms with E-state index in [2.05, 4.69) is 6.92 Å². The van der Waals surface area contributed by atoms with Crippen LogP contribution in [-0.2, 0) is 9.36 Å². The molecule has 6 nitrogen and oxygen atoms in total. The van der Waals surface area contributed by atoms with E-state index in [9.17, 15) is 4.79 Å². The fourth-order valence-corrected chi connectivity index (χ4v) is 2.29. The van der Waals surface area contributed by atoms with Crippen LogP contribution in [0.5, 0.6) is 0 Å². The molecule has 0 bridgehead atoms. The first-order chi connectivity index (χ1) is 10.8. The number of hydrogen-bond acceptors (Lipinski definition) is 2. The molecule has 0 aliphatic heterocycles. The molecule has 0 aromatic rings. The van der Waals surface area contributed by atoms with Crippen molar-refractivity contribution >= 4 is 102 Å². The maximum atomic E-state index is 10.3. The topological polar surface area (TPSA) is 115 Å². The first kappa shape index (κ1) is 39.1. The van der Waals surface area contributed by atoms with Gasteiger partial charge in [-0.2, -0.15) is 0 Å². The molecule has 0 saturated heterocycles. The van der Waals surface area contributed by atoms with Gasteiger partial charge in [0, 0.05) is 6.42 Å². The standard InChI is InChI=1S/C16H32O2.3Na.H3O4P.3H/c1-2-3-4-5-6-7-8-9-10-11-12-13-14-15-16(17)18;;;;1-5(2,3)4;;;/h2-15H2,1H3,(H,17,18);;;;(H3,1,2,3,4);;;. The van der Waals surface area contributed by atoms with Crippen LogP contribution in [0.2, 0.25) is 0 Å². The normalized spacial score (nSPS) is 9.69. The summed E-state index contributed by atoms with van der Waals surface area (Å²) in [4.78, 5) is 31.9. The van der Waals surface area contributed by atoms with Crippen LogP contribution in [-0.4, -0.2) is 114 Å². The predicted octanol–water partition coefficient (Wildman–Crippen LogP) is 2.68. The summed E-state index contributed by atoms with van der Waals surface area (Å²) in [5, 5.41) is 8.49. The van der Waals surface area contributed by atoms with Gasteiger partial charge < -0.3 is 19.8 Å². The first-order valence-electron chi connectivity index (χ1n) is 8.77. The molecule has 0 aromatic carbocycles. The van der Waals surface area contributed by atoms with E-state index in [4.69, 9.17) is 24.4 Å². The van der Waals surface area contributed by atoms with Crippen LogP contribution in [0.3, 0.4) is 0 Å². The van der Waals surface area contributed by atoms with E-state index in [-0.39, 0.29) is 88.7 Å². The summed E-state index contributed by atoms with van der Waals surface area (Å²) in [5.74, 6) is -0.655. The van der Waals surface area contributed by atoms with Gasteiger partial charge in [0.15, 0.2) is 0 Å². The molecule has 0 aromatic heterocycles. The van der Waals surface area contributed by atoms with Gasteiger partial charge in [0.2, 0.25) is 0 Å². The maximum absolute atomic E-state index is 10.3. The number of carbonyl (C=O) groups is 1. The molecule has 146 valence electrons. The van der Waals surface area contributed by atoms with Crippen molar-refractivity contribution in [1.29, 1.82) is 0 Å². The average Bonchev–Trinajstić information content (AvgIpc) is 2.42. The molecule has 0 fully saturated rings. The minimum absolute atomic E-state index is 0. The van der Waals surface area contributed by atoms with Gasteiger partial charge in [-0.15, -0.1) is 0 Å². The van der Waals surface area contributed by atoms with Gasteiger partial charge in [-0.05, 0) is 6.42 Å². The molecule has 0 amide bonds. The monoisotopic (exact) mass is 426 g/mol. The van der Waals surface area contributed by atoms with Gasteiger partial charge in [-0.1, -0.05) is 84.0 Å². The third kappa shape index (κ3) is 56.3. The summed E-state index contributed by atoms with van der Waals surface area (Å²) >= 11 is 0. The van der Waals surface area contributed by atoms with E-state index in [0.29, 0.717) is 6.42 Å². The van der Waals surface area contributed by atoms with Crippen molar-refractivity contribution < 1.29 is 29.1 Å².